The van der Waals surface area contributed by atoms with Crippen molar-refractivity contribution in [2.24, 2.45) is 0 Å². The van der Waals surface area contributed by atoms with E-state index >= 15 is 0 Å². The predicted octanol–water partition coefficient (Wildman–Crippen LogP) is 1.73. The van der Waals surface area contributed by atoms with Crippen LogP contribution in [-0.2, 0) is 6.54 Å². The first-order valence-electron chi connectivity index (χ1n) is 4.85. The summed E-state index contributed by atoms with van der Waals surface area (Å²) in [7, 11) is 0. The molecule has 0 bridgehead atoms. The summed E-state index contributed by atoms with van der Waals surface area (Å²) in [6.07, 6.45) is 0.779. The number of aliphatic hydroxyl groups is 1. The fraction of sp³-hybridized carbons (Fsp3) is 0.364. The molecule has 2 aromatic rings. The van der Waals surface area contributed by atoms with Crippen molar-refractivity contribution in [2.75, 3.05) is 6.61 Å². The van der Waals surface area contributed by atoms with Crippen LogP contribution in [-0.4, -0.2) is 21.3 Å². The largest absolute Gasteiger partial charge is 0.396 e. The first-order valence-corrected chi connectivity index (χ1v) is 4.85. The number of hydrogen-bond acceptors (Lipinski definition) is 2. The Kier molecular flexibility index (Phi) is 2.50. The molecule has 1 aromatic carbocycles. The molecule has 0 unspecified atom stereocenters. The zero-order chi connectivity index (χ0) is 9.97. The minimum Gasteiger partial charge on any atom is -0.396 e. The van der Waals surface area contributed by atoms with Crippen molar-refractivity contribution in [1.29, 1.82) is 0 Å². The third-order valence-electron chi connectivity index (χ3n) is 2.39. The van der Waals surface area contributed by atoms with Gasteiger partial charge in [-0.05, 0) is 25.5 Å². The summed E-state index contributed by atoms with van der Waals surface area (Å²) < 4.78 is 2.14. The van der Waals surface area contributed by atoms with E-state index in [4.69, 9.17) is 5.11 Å². The molecule has 1 N–H and O–H groups in total. The van der Waals surface area contributed by atoms with Gasteiger partial charge in [0.05, 0.1) is 11.0 Å². The van der Waals surface area contributed by atoms with Crippen molar-refractivity contribution in [1.82, 2.24) is 9.55 Å². The summed E-state index contributed by atoms with van der Waals surface area (Å²) in [5.41, 5.74) is 2.18. The van der Waals surface area contributed by atoms with Crippen molar-refractivity contribution in [3.05, 3.63) is 30.1 Å². The minimum atomic E-state index is 0.228. The van der Waals surface area contributed by atoms with Crippen LogP contribution in [0.15, 0.2) is 24.3 Å². The standard InChI is InChI=1S/C11H14N2O/c1-9-12-10-5-2-3-6-11(10)13(9)7-4-8-14/h2-3,5-6,14H,4,7-8H2,1H3. The second-order valence-electron chi connectivity index (χ2n) is 3.38. The molecule has 0 saturated carbocycles. The molecule has 14 heavy (non-hydrogen) atoms. The Balaban J connectivity index is 2.45. The maximum Gasteiger partial charge on any atom is 0.106 e. The summed E-state index contributed by atoms with van der Waals surface area (Å²) in [6.45, 7) is 3.06. The van der Waals surface area contributed by atoms with E-state index in [1.807, 2.05) is 25.1 Å². The summed E-state index contributed by atoms with van der Waals surface area (Å²) in [5, 5.41) is 8.79. The molecule has 1 heterocycles. The van der Waals surface area contributed by atoms with Gasteiger partial charge < -0.3 is 9.67 Å². The molecule has 1 aromatic heterocycles. The Labute approximate surface area is 83.0 Å². The van der Waals surface area contributed by atoms with Crippen molar-refractivity contribution in [2.45, 2.75) is 19.9 Å². The predicted molar refractivity (Wildman–Crippen MR) is 56.2 cm³/mol. The first kappa shape index (κ1) is 9.21. The smallest absolute Gasteiger partial charge is 0.106 e. The van der Waals surface area contributed by atoms with Crippen LogP contribution in [0.5, 0.6) is 0 Å². The van der Waals surface area contributed by atoms with Gasteiger partial charge in [-0.3, -0.25) is 0 Å². The number of imidazole rings is 1. The number of benzene rings is 1. The first-order chi connectivity index (χ1) is 6.83. The maximum absolute atomic E-state index is 8.79. The van der Waals surface area contributed by atoms with E-state index in [0.717, 1.165) is 29.8 Å². The molecule has 0 aliphatic rings. The van der Waals surface area contributed by atoms with Crippen molar-refractivity contribution >= 4 is 11.0 Å². The lowest BCUT2D eigenvalue weighted by atomic mass is 10.3. The van der Waals surface area contributed by atoms with Crippen LogP contribution in [0.25, 0.3) is 11.0 Å². The maximum atomic E-state index is 8.79. The lowest BCUT2D eigenvalue weighted by Gasteiger charge is -2.04. The SMILES string of the molecule is Cc1nc2ccccc2n1CCCO. The Morgan fingerprint density at radius 1 is 1.36 bits per heavy atom. The van der Waals surface area contributed by atoms with Crippen LogP contribution in [0.1, 0.15) is 12.2 Å². The second kappa shape index (κ2) is 3.80. The quantitative estimate of drug-likeness (QED) is 0.800. The Morgan fingerprint density at radius 2 is 2.14 bits per heavy atom. The number of nitrogens with zero attached hydrogens (tertiary/aromatic N) is 2. The van der Waals surface area contributed by atoms with E-state index < -0.39 is 0 Å². The van der Waals surface area contributed by atoms with Crippen LogP contribution in [0.2, 0.25) is 0 Å². The molecule has 0 amide bonds. The molecular weight excluding hydrogens is 176 g/mol. The zero-order valence-corrected chi connectivity index (χ0v) is 8.27. The van der Waals surface area contributed by atoms with Crippen LogP contribution in [0.4, 0.5) is 0 Å². The topological polar surface area (TPSA) is 38.0 Å². The monoisotopic (exact) mass is 190 g/mol. The molecular formula is C11H14N2O. The molecule has 3 heteroatoms. The van der Waals surface area contributed by atoms with Gasteiger partial charge >= 0.3 is 0 Å². The lowest BCUT2D eigenvalue weighted by molar-refractivity contribution is 0.280. The molecule has 0 aliphatic carbocycles. The van der Waals surface area contributed by atoms with Gasteiger partial charge in [0.25, 0.3) is 0 Å². The highest BCUT2D eigenvalue weighted by molar-refractivity contribution is 5.75. The molecule has 3 nitrogen and oxygen atoms in total. The van der Waals surface area contributed by atoms with Gasteiger partial charge in [-0.15, -0.1) is 0 Å². The molecule has 2 rings (SSSR count). The average Bonchev–Trinajstić information content (AvgIpc) is 2.51. The summed E-state index contributed by atoms with van der Waals surface area (Å²) in [6, 6.07) is 8.08. The van der Waals surface area contributed by atoms with E-state index in [1.165, 1.54) is 0 Å². The highest BCUT2D eigenvalue weighted by atomic mass is 16.3. The van der Waals surface area contributed by atoms with Gasteiger partial charge in [0.2, 0.25) is 0 Å². The Morgan fingerprint density at radius 3 is 2.93 bits per heavy atom. The van der Waals surface area contributed by atoms with Crippen molar-refractivity contribution < 1.29 is 5.11 Å². The zero-order valence-electron chi connectivity index (χ0n) is 8.27. The molecule has 0 spiro atoms. The number of fused-ring (bicyclic) bond motifs is 1. The van der Waals surface area contributed by atoms with Gasteiger partial charge in [0.15, 0.2) is 0 Å². The van der Waals surface area contributed by atoms with Crippen molar-refractivity contribution in [3.63, 3.8) is 0 Å². The molecule has 0 atom stereocenters. The van der Waals surface area contributed by atoms with Crippen LogP contribution in [0.3, 0.4) is 0 Å². The number of aryl methyl sites for hydroxylation is 2. The molecule has 0 saturated heterocycles. The van der Waals surface area contributed by atoms with E-state index in [1.54, 1.807) is 0 Å². The summed E-state index contributed by atoms with van der Waals surface area (Å²) in [4.78, 5) is 4.45. The third kappa shape index (κ3) is 1.51. The van der Waals surface area contributed by atoms with E-state index in [-0.39, 0.29) is 6.61 Å². The Bertz CT molecular complexity index is 434. The van der Waals surface area contributed by atoms with Gasteiger partial charge in [-0.1, -0.05) is 12.1 Å². The summed E-state index contributed by atoms with van der Waals surface area (Å²) in [5.74, 6) is 1.01. The highest BCUT2D eigenvalue weighted by Crippen LogP contribution is 2.15. The number of aliphatic hydroxyl groups excluding tert-OH is 1. The number of rotatable bonds is 3. The van der Waals surface area contributed by atoms with Crippen LogP contribution in [0, 0.1) is 6.92 Å². The normalized spacial score (nSPS) is 11.0. The fourth-order valence-corrected chi connectivity index (χ4v) is 1.71. The lowest BCUT2D eigenvalue weighted by Crippen LogP contribution is -2.01. The highest BCUT2D eigenvalue weighted by Gasteiger charge is 2.04. The van der Waals surface area contributed by atoms with Gasteiger partial charge in [0, 0.05) is 13.2 Å². The number of para-hydroxylation sites is 2. The second-order valence-corrected chi connectivity index (χ2v) is 3.38. The van der Waals surface area contributed by atoms with Gasteiger partial charge in [0.1, 0.15) is 5.82 Å². The van der Waals surface area contributed by atoms with E-state index in [2.05, 4.69) is 15.6 Å². The Hall–Kier alpha value is -1.35. The molecule has 74 valence electrons. The van der Waals surface area contributed by atoms with Crippen LogP contribution < -0.4 is 0 Å². The third-order valence-corrected chi connectivity index (χ3v) is 2.39. The summed E-state index contributed by atoms with van der Waals surface area (Å²) >= 11 is 0. The molecule has 0 aliphatic heterocycles. The van der Waals surface area contributed by atoms with E-state index in [9.17, 15) is 0 Å². The molecule has 0 radical (unpaired) electrons. The van der Waals surface area contributed by atoms with Gasteiger partial charge in [-0.25, -0.2) is 4.98 Å². The fourth-order valence-electron chi connectivity index (χ4n) is 1.71. The number of hydrogen-bond donors (Lipinski definition) is 1. The van der Waals surface area contributed by atoms with Crippen LogP contribution >= 0.6 is 0 Å². The number of aromatic nitrogens is 2. The minimum absolute atomic E-state index is 0.228. The van der Waals surface area contributed by atoms with Gasteiger partial charge in [-0.2, -0.15) is 0 Å². The van der Waals surface area contributed by atoms with Crippen molar-refractivity contribution in [3.8, 4) is 0 Å². The average molecular weight is 190 g/mol. The van der Waals surface area contributed by atoms with E-state index in [0.29, 0.717) is 0 Å². The molecule has 0 fully saturated rings.